The van der Waals surface area contributed by atoms with E-state index in [0.29, 0.717) is 6.54 Å². The van der Waals surface area contributed by atoms with Crippen LogP contribution in [0, 0.1) is 0 Å². The zero-order chi connectivity index (χ0) is 10.7. The Morgan fingerprint density at radius 3 is 2.87 bits per heavy atom. The molecule has 1 aliphatic heterocycles. The van der Waals surface area contributed by atoms with Gasteiger partial charge in [0.15, 0.2) is 0 Å². The van der Waals surface area contributed by atoms with Crippen molar-refractivity contribution in [3.05, 3.63) is 35.4 Å². The minimum absolute atomic E-state index is 0.0360. The van der Waals surface area contributed by atoms with Crippen molar-refractivity contribution in [1.29, 1.82) is 0 Å². The topological polar surface area (TPSA) is 61.4 Å². The molecule has 0 saturated carbocycles. The van der Waals surface area contributed by atoms with E-state index in [2.05, 4.69) is 22.8 Å². The van der Waals surface area contributed by atoms with Crippen LogP contribution in [0.4, 0.5) is 4.79 Å². The number of nitrogens with one attached hydrogen (secondary N) is 2. The van der Waals surface area contributed by atoms with Gasteiger partial charge < -0.3 is 15.7 Å². The molecule has 1 amide bonds. The second-order valence-corrected chi connectivity index (χ2v) is 3.75. The number of hydrogen-bond acceptors (Lipinski definition) is 2. The summed E-state index contributed by atoms with van der Waals surface area (Å²) in [4.78, 5) is 10.6. The SMILES string of the molecule is O=C(O)N[C@@H]1CNCc2ccccc2C1. The van der Waals surface area contributed by atoms with Gasteiger partial charge in [0.1, 0.15) is 0 Å². The van der Waals surface area contributed by atoms with Gasteiger partial charge in [0.25, 0.3) is 0 Å². The van der Waals surface area contributed by atoms with Gasteiger partial charge in [-0.3, -0.25) is 0 Å². The molecule has 0 spiro atoms. The first kappa shape index (κ1) is 9.98. The maximum atomic E-state index is 10.6. The summed E-state index contributed by atoms with van der Waals surface area (Å²) in [5.41, 5.74) is 2.48. The number of hydrogen-bond donors (Lipinski definition) is 3. The third-order valence-corrected chi connectivity index (χ3v) is 2.62. The highest BCUT2D eigenvalue weighted by molar-refractivity contribution is 5.65. The van der Waals surface area contributed by atoms with Gasteiger partial charge in [-0.15, -0.1) is 0 Å². The molecule has 1 aromatic carbocycles. The second-order valence-electron chi connectivity index (χ2n) is 3.75. The van der Waals surface area contributed by atoms with E-state index >= 15 is 0 Å². The van der Waals surface area contributed by atoms with E-state index in [9.17, 15) is 4.79 Å². The molecule has 0 aromatic heterocycles. The summed E-state index contributed by atoms with van der Waals surface area (Å²) >= 11 is 0. The lowest BCUT2D eigenvalue weighted by Gasteiger charge is -2.14. The third-order valence-electron chi connectivity index (χ3n) is 2.62. The highest BCUT2D eigenvalue weighted by Gasteiger charge is 2.16. The minimum atomic E-state index is -0.957. The molecule has 0 unspecified atom stereocenters. The first-order valence-electron chi connectivity index (χ1n) is 5.02. The molecule has 3 N–H and O–H groups in total. The summed E-state index contributed by atoms with van der Waals surface area (Å²) in [7, 11) is 0. The van der Waals surface area contributed by atoms with E-state index < -0.39 is 6.09 Å². The van der Waals surface area contributed by atoms with Crippen molar-refractivity contribution < 1.29 is 9.90 Å². The Hall–Kier alpha value is -1.55. The third kappa shape index (κ3) is 2.47. The predicted octanol–water partition coefficient (Wildman–Crippen LogP) is 0.968. The van der Waals surface area contributed by atoms with Crippen LogP contribution in [0.25, 0.3) is 0 Å². The predicted molar refractivity (Wildman–Crippen MR) is 56.8 cm³/mol. The molecule has 4 nitrogen and oxygen atoms in total. The number of rotatable bonds is 1. The molecule has 0 fully saturated rings. The number of carbonyl (C=O) groups is 1. The minimum Gasteiger partial charge on any atom is -0.465 e. The fourth-order valence-electron chi connectivity index (χ4n) is 1.92. The molecule has 0 bridgehead atoms. The lowest BCUT2D eigenvalue weighted by atomic mass is 10.0. The van der Waals surface area contributed by atoms with Gasteiger partial charge in [0, 0.05) is 19.1 Å². The molecular weight excluding hydrogens is 192 g/mol. The van der Waals surface area contributed by atoms with Crippen LogP contribution in [-0.2, 0) is 13.0 Å². The number of amides is 1. The van der Waals surface area contributed by atoms with Gasteiger partial charge in [-0.05, 0) is 17.5 Å². The van der Waals surface area contributed by atoms with Gasteiger partial charge in [-0.25, -0.2) is 4.79 Å². The molecule has 2 rings (SSSR count). The molecule has 0 saturated heterocycles. The van der Waals surface area contributed by atoms with Gasteiger partial charge in [0.05, 0.1) is 0 Å². The number of carboxylic acid groups (broad SMARTS) is 1. The van der Waals surface area contributed by atoms with Gasteiger partial charge >= 0.3 is 6.09 Å². The fraction of sp³-hybridized carbons (Fsp3) is 0.364. The summed E-state index contributed by atoms with van der Waals surface area (Å²) in [6.07, 6.45) is -0.198. The molecule has 1 atom stereocenters. The number of benzene rings is 1. The molecule has 1 aromatic rings. The second kappa shape index (κ2) is 4.31. The van der Waals surface area contributed by atoms with Crippen LogP contribution >= 0.6 is 0 Å². The van der Waals surface area contributed by atoms with Crippen molar-refractivity contribution in [1.82, 2.24) is 10.6 Å². The normalized spacial score (nSPS) is 20.1. The Morgan fingerprint density at radius 2 is 2.13 bits per heavy atom. The average molecular weight is 206 g/mol. The van der Waals surface area contributed by atoms with E-state index in [1.54, 1.807) is 0 Å². The Bertz CT molecular complexity index is 365. The molecule has 1 aliphatic rings. The maximum absolute atomic E-state index is 10.6. The molecule has 80 valence electrons. The van der Waals surface area contributed by atoms with Crippen molar-refractivity contribution in [3.8, 4) is 0 Å². The van der Waals surface area contributed by atoms with Crippen molar-refractivity contribution in [2.45, 2.75) is 19.0 Å². The maximum Gasteiger partial charge on any atom is 0.404 e. The Kier molecular flexibility index (Phi) is 2.87. The monoisotopic (exact) mass is 206 g/mol. The van der Waals surface area contributed by atoms with Crippen LogP contribution in [0.15, 0.2) is 24.3 Å². The first-order chi connectivity index (χ1) is 7.25. The van der Waals surface area contributed by atoms with Crippen LogP contribution < -0.4 is 10.6 Å². The average Bonchev–Trinajstić information content (AvgIpc) is 2.38. The summed E-state index contributed by atoms with van der Waals surface area (Å²) in [6, 6.07) is 8.09. The molecular formula is C11H14N2O2. The molecule has 1 heterocycles. The summed E-state index contributed by atoms with van der Waals surface area (Å²) in [6.45, 7) is 1.49. The van der Waals surface area contributed by atoms with Crippen molar-refractivity contribution in [2.75, 3.05) is 6.54 Å². The van der Waals surface area contributed by atoms with E-state index in [1.807, 2.05) is 12.1 Å². The number of fused-ring (bicyclic) bond motifs is 1. The lowest BCUT2D eigenvalue weighted by Crippen LogP contribution is -2.41. The van der Waals surface area contributed by atoms with Crippen LogP contribution in [0.2, 0.25) is 0 Å². The quantitative estimate of drug-likeness (QED) is 0.641. The molecule has 15 heavy (non-hydrogen) atoms. The van der Waals surface area contributed by atoms with Crippen LogP contribution in [-0.4, -0.2) is 23.8 Å². The highest BCUT2D eigenvalue weighted by atomic mass is 16.4. The Morgan fingerprint density at radius 1 is 1.40 bits per heavy atom. The zero-order valence-corrected chi connectivity index (χ0v) is 8.36. The first-order valence-corrected chi connectivity index (χ1v) is 5.02. The standard InChI is InChI=1S/C11H14N2O2/c14-11(15)13-10-5-8-3-1-2-4-9(8)6-12-7-10/h1-4,10,12-13H,5-7H2,(H,14,15)/t10-/m0/s1. The van der Waals surface area contributed by atoms with Crippen LogP contribution in [0.3, 0.4) is 0 Å². The van der Waals surface area contributed by atoms with E-state index in [1.165, 1.54) is 11.1 Å². The highest BCUT2D eigenvalue weighted by Crippen LogP contribution is 2.13. The van der Waals surface area contributed by atoms with Crippen molar-refractivity contribution in [3.63, 3.8) is 0 Å². The van der Waals surface area contributed by atoms with Crippen LogP contribution in [0.1, 0.15) is 11.1 Å². The van der Waals surface area contributed by atoms with E-state index in [0.717, 1.165) is 13.0 Å². The smallest absolute Gasteiger partial charge is 0.404 e. The zero-order valence-electron chi connectivity index (χ0n) is 8.36. The largest absolute Gasteiger partial charge is 0.465 e. The summed E-state index contributed by atoms with van der Waals surface area (Å²) in [5.74, 6) is 0. The fourth-order valence-corrected chi connectivity index (χ4v) is 1.92. The van der Waals surface area contributed by atoms with Gasteiger partial charge in [0.2, 0.25) is 0 Å². The van der Waals surface area contributed by atoms with E-state index in [-0.39, 0.29) is 6.04 Å². The molecule has 0 radical (unpaired) electrons. The van der Waals surface area contributed by atoms with E-state index in [4.69, 9.17) is 5.11 Å². The summed E-state index contributed by atoms with van der Waals surface area (Å²) in [5, 5.41) is 14.4. The molecule has 0 aliphatic carbocycles. The Balaban J connectivity index is 2.13. The Labute approximate surface area is 88.3 Å². The summed E-state index contributed by atoms with van der Waals surface area (Å²) < 4.78 is 0. The molecule has 4 heteroatoms. The van der Waals surface area contributed by atoms with Crippen molar-refractivity contribution in [2.24, 2.45) is 0 Å². The van der Waals surface area contributed by atoms with Crippen LogP contribution in [0.5, 0.6) is 0 Å². The van der Waals surface area contributed by atoms with Crippen molar-refractivity contribution >= 4 is 6.09 Å². The lowest BCUT2D eigenvalue weighted by molar-refractivity contribution is 0.189. The van der Waals surface area contributed by atoms with Gasteiger partial charge in [-0.1, -0.05) is 24.3 Å². The van der Waals surface area contributed by atoms with Gasteiger partial charge in [-0.2, -0.15) is 0 Å².